The Morgan fingerprint density at radius 3 is 1.64 bits per heavy atom. The lowest BCUT2D eigenvalue weighted by Crippen LogP contribution is -2.08. The maximum atomic E-state index is 11.8. The Morgan fingerprint density at radius 2 is 1.23 bits per heavy atom. The van der Waals surface area contributed by atoms with Gasteiger partial charge in [-0.2, -0.15) is 0 Å². The van der Waals surface area contributed by atoms with Crippen LogP contribution >= 0.6 is 47.0 Å². The van der Waals surface area contributed by atoms with E-state index in [9.17, 15) is 9.59 Å². The van der Waals surface area contributed by atoms with E-state index >= 15 is 0 Å². The third-order valence-corrected chi connectivity index (χ3v) is 8.05. The Morgan fingerprint density at radius 1 is 0.818 bits per heavy atom. The van der Waals surface area contributed by atoms with E-state index in [4.69, 9.17) is 18.9 Å². The van der Waals surface area contributed by atoms with E-state index in [0.29, 0.717) is 13.2 Å². The predicted molar refractivity (Wildman–Crippen MR) is 87.4 cm³/mol. The molecule has 3 aliphatic heterocycles. The minimum Gasteiger partial charge on any atom is -0.480 e. The third kappa shape index (κ3) is 2.97. The molecule has 0 radical (unpaired) electrons. The lowest BCUT2D eigenvalue weighted by molar-refractivity contribution is -0.138. The molecule has 0 fully saturated rings. The highest BCUT2D eigenvalue weighted by Crippen LogP contribution is 2.60. The molecule has 0 atom stereocenters. The van der Waals surface area contributed by atoms with Gasteiger partial charge in [0, 0.05) is 0 Å². The molecule has 10 heteroatoms. The number of hydrogen-bond acceptors (Lipinski definition) is 10. The fraction of sp³-hybridized carbons (Fsp3) is 0.333. The van der Waals surface area contributed by atoms with E-state index in [2.05, 4.69) is 0 Å². The molecule has 3 rings (SSSR count). The van der Waals surface area contributed by atoms with E-state index in [-0.39, 0.29) is 9.81 Å². The van der Waals surface area contributed by atoms with Gasteiger partial charge in [0.1, 0.15) is 23.0 Å². The molecule has 3 heterocycles. The zero-order valence-corrected chi connectivity index (χ0v) is 14.8. The minimum absolute atomic E-state index is 0.245. The molecule has 0 amide bonds. The summed E-state index contributed by atoms with van der Waals surface area (Å²) in [6.07, 6.45) is 0. The van der Waals surface area contributed by atoms with Crippen molar-refractivity contribution in [3.63, 3.8) is 0 Å². The summed E-state index contributed by atoms with van der Waals surface area (Å²) in [6, 6.07) is 0. The van der Waals surface area contributed by atoms with Crippen LogP contribution in [-0.2, 0) is 28.5 Å². The van der Waals surface area contributed by atoms with Crippen molar-refractivity contribution < 1.29 is 28.5 Å². The lowest BCUT2D eigenvalue weighted by Gasteiger charge is -2.13. The maximum absolute atomic E-state index is 11.8. The average molecular weight is 378 g/mol. The first-order chi connectivity index (χ1) is 10.6. The van der Waals surface area contributed by atoms with Crippen LogP contribution in [0.3, 0.4) is 0 Å². The third-order valence-electron chi connectivity index (χ3n) is 2.59. The highest BCUT2D eigenvalue weighted by Gasteiger charge is 2.37. The summed E-state index contributed by atoms with van der Waals surface area (Å²) in [5, 5.41) is 1.46. The normalized spacial score (nSPS) is 20.6. The van der Waals surface area contributed by atoms with Crippen LogP contribution in [0.1, 0.15) is 0 Å². The summed E-state index contributed by atoms with van der Waals surface area (Å²) >= 11 is 5.28. The largest absolute Gasteiger partial charge is 0.480 e. The second-order valence-electron chi connectivity index (χ2n) is 3.90. The zero-order valence-electron chi connectivity index (χ0n) is 11.5. The van der Waals surface area contributed by atoms with E-state index in [1.165, 1.54) is 61.3 Å². The summed E-state index contributed by atoms with van der Waals surface area (Å²) in [7, 11) is 2.56. The van der Waals surface area contributed by atoms with Gasteiger partial charge in [-0.05, 0) is 23.5 Å². The first-order valence-electron chi connectivity index (χ1n) is 6.00. The van der Waals surface area contributed by atoms with E-state index < -0.39 is 11.9 Å². The number of methoxy groups -OCH3 is 2. The molecular weight excluding hydrogens is 368 g/mol. The van der Waals surface area contributed by atoms with Crippen LogP contribution in [0.25, 0.3) is 0 Å². The fourth-order valence-corrected chi connectivity index (χ4v) is 6.72. The Balaban J connectivity index is 1.84. The Hall–Kier alpha value is -0.840. The highest BCUT2D eigenvalue weighted by molar-refractivity contribution is 8.34. The van der Waals surface area contributed by atoms with E-state index in [1.807, 2.05) is 0 Å². The first kappa shape index (κ1) is 16.0. The minimum atomic E-state index is -0.549. The average Bonchev–Trinajstić information content (AvgIpc) is 3.17. The number of rotatable bonds is 2. The van der Waals surface area contributed by atoms with Crippen LogP contribution in [0, 0.1) is 0 Å². The molecule has 118 valence electrons. The fourth-order valence-electron chi connectivity index (χ4n) is 1.64. The molecular formula is C12H10O6S4. The van der Waals surface area contributed by atoms with Gasteiger partial charge in [0.05, 0.1) is 22.7 Å². The van der Waals surface area contributed by atoms with Gasteiger partial charge in [0.15, 0.2) is 0 Å². The molecule has 0 bridgehead atoms. The first-order valence-corrected chi connectivity index (χ1v) is 9.27. The van der Waals surface area contributed by atoms with Crippen molar-refractivity contribution in [1.82, 2.24) is 0 Å². The molecule has 0 aliphatic carbocycles. The Labute approximate surface area is 143 Å². The van der Waals surface area contributed by atoms with Gasteiger partial charge in [-0.25, -0.2) is 9.59 Å². The van der Waals surface area contributed by atoms with Crippen LogP contribution in [0.5, 0.6) is 0 Å². The van der Waals surface area contributed by atoms with Gasteiger partial charge in [-0.3, -0.25) is 0 Å². The van der Waals surface area contributed by atoms with E-state index in [1.54, 1.807) is 0 Å². The quantitative estimate of drug-likeness (QED) is 0.670. The summed E-state index contributed by atoms with van der Waals surface area (Å²) in [5.41, 5.74) is 0. The van der Waals surface area contributed by atoms with Crippen molar-refractivity contribution in [2.45, 2.75) is 0 Å². The van der Waals surface area contributed by atoms with Crippen molar-refractivity contribution in [3.8, 4) is 0 Å². The van der Waals surface area contributed by atoms with Gasteiger partial charge in [-0.15, -0.1) is 0 Å². The van der Waals surface area contributed by atoms with Crippen LogP contribution < -0.4 is 0 Å². The Kier molecular flexibility index (Phi) is 4.91. The van der Waals surface area contributed by atoms with Crippen LogP contribution in [-0.4, -0.2) is 39.4 Å². The predicted octanol–water partition coefficient (Wildman–Crippen LogP) is 2.80. The SMILES string of the molecule is COC(=O)C1=C(C(=O)OC)SC(=C2SC3=C(OCCO3)S2)S1. The molecule has 0 aromatic rings. The molecule has 0 aromatic carbocycles. The van der Waals surface area contributed by atoms with E-state index in [0.717, 1.165) is 18.7 Å². The van der Waals surface area contributed by atoms with Gasteiger partial charge >= 0.3 is 11.9 Å². The molecule has 22 heavy (non-hydrogen) atoms. The van der Waals surface area contributed by atoms with Crippen molar-refractivity contribution in [3.05, 3.63) is 28.5 Å². The van der Waals surface area contributed by atoms with Crippen molar-refractivity contribution in [2.75, 3.05) is 27.4 Å². The van der Waals surface area contributed by atoms with Gasteiger partial charge in [0.25, 0.3) is 0 Å². The summed E-state index contributed by atoms with van der Waals surface area (Å²) in [4.78, 5) is 24.2. The number of ether oxygens (including phenoxy) is 4. The van der Waals surface area contributed by atoms with Crippen LogP contribution in [0.4, 0.5) is 0 Å². The number of hydrogen-bond donors (Lipinski definition) is 0. The molecule has 3 aliphatic rings. The molecule has 6 nitrogen and oxygen atoms in total. The van der Waals surface area contributed by atoms with Crippen LogP contribution in [0.2, 0.25) is 0 Å². The topological polar surface area (TPSA) is 71.1 Å². The molecule has 0 aromatic heterocycles. The zero-order chi connectivity index (χ0) is 15.7. The van der Waals surface area contributed by atoms with Gasteiger partial charge in [-0.1, -0.05) is 23.5 Å². The van der Waals surface area contributed by atoms with Gasteiger partial charge < -0.3 is 18.9 Å². The number of carbonyl (C=O) groups excluding carboxylic acids is 2. The monoisotopic (exact) mass is 378 g/mol. The molecule has 0 saturated carbocycles. The molecule has 0 unspecified atom stereocenters. The second kappa shape index (κ2) is 6.73. The summed E-state index contributed by atoms with van der Waals surface area (Å²) < 4.78 is 22.3. The number of thioether (sulfide) groups is 4. The summed E-state index contributed by atoms with van der Waals surface area (Å²) in [6.45, 7) is 1.04. The van der Waals surface area contributed by atoms with Crippen molar-refractivity contribution >= 4 is 59.0 Å². The second-order valence-corrected chi connectivity index (χ2v) is 8.42. The molecule has 0 N–H and O–H groups in total. The lowest BCUT2D eigenvalue weighted by atomic mass is 10.5. The van der Waals surface area contributed by atoms with Crippen molar-refractivity contribution in [2.24, 2.45) is 0 Å². The smallest absolute Gasteiger partial charge is 0.346 e. The highest BCUT2D eigenvalue weighted by atomic mass is 32.2. The summed E-state index contributed by atoms with van der Waals surface area (Å²) in [5.74, 6) is -1.10. The Bertz CT molecular complexity index is 586. The number of carbonyl (C=O) groups is 2. The number of esters is 2. The van der Waals surface area contributed by atoms with Crippen molar-refractivity contribution in [1.29, 1.82) is 0 Å². The molecule has 0 spiro atoms. The maximum Gasteiger partial charge on any atom is 0.346 e. The molecule has 0 saturated heterocycles. The van der Waals surface area contributed by atoms with Gasteiger partial charge in [0.2, 0.25) is 10.2 Å². The van der Waals surface area contributed by atoms with Crippen LogP contribution in [0.15, 0.2) is 28.5 Å². The standard InChI is InChI=1S/C12H10O6S4/c1-15-7(13)5-6(8(14)16-2)20-11(19-5)12-21-9-10(22-12)18-4-3-17-9/h3-4H2,1-2H3.